The summed E-state index contributed by atoms with van der Waals surface area (Å²) in [7, 11) is 0. The Morgan fingerprint density at radius 2 is 1.60 bits per heavy atom. The number of rotatable bonds is 11. The molecule has 5 fully saturated rings. The van der Waals surface area contributed by atoms with E-state index in [-0.39, 0.29) is 35.6 Å². The number of aliphatic hydroxyl groups is 1. The van der Waals surface area contributed by atoms with E-state index in [4.69, 9.17) is 21.1 Å². The molecule has 9 nitrogen and oxygen atoms in total. The van der Waals surface area contributed by atoms with Gasteiger partial charge in [0.05, 0.1) is 24.0 Å². The van der Waals surface area contributed by atoms with E-state index in [0.717, 1.165) is 68.2 Å². The van der Waals surface area contributed by atoms with Gasteiger partial charge in [-0.3, -0.25) is 20.3 Å². The molecular formula is C45H74ClN5O4. The van der Waals surface area contributed by atoms with Gasteiger partial charge in [-0.05, 0) is 79.9 Å². The van der Waals surface area contributed by atoms with Crippen LogP contribution in [0.25, 0.3) is 0 Å². The molecule has 0 aromatic heterocycles. The number of amides is 1. The van der Waals surface area contributed by atoms with E-state index in [1.807, 2.05) is 6.07 Å². The highest BCUT2D eigenvalue weighted by Gasteiger charge is 2.47. The average Bonchev–Trinajstić information content (AvgIpc) is 3.67. The second kappa shape index (κ2) is 20.5. The van der Waals surface area contributed by atoms with Crippen molar-refractivity contribution in [2.45, 2.75) is 178 Å². The molecule has 0 radical (unpaired) electrons. The van der Waals surface area contributed by atoms with Crippen LogP contribution in [0.5, 0.6) is 5.75 Å². The first-order valence-electron chi connectivity index (χ1n) is 22.9. The Hall–Kier alpha value is -1.46. The summed E-state index contributed by atoms with van der Waals surface area (Å²) in [6.07, 6.45) is 27.7. The van der Waals surface area contributed by atoms with Gasteiger partial charge in [0.2, 0.25) is 5.91 Å². The van der Waals surface area contributed by atoms with Crippen LogP contribution in [0.1, 0.15) is 152 Å². The number of hydrogen-bond acceptors (Lipinski definition) is 8. The maximum absolute atomic E-state index is 14.2. The molecule has 3 aliphatic heterocycles. The number of hydrogen-bond donors (Lipinski definition) is 5. The monoisotopic (exact) mass is 784 g/mol. The van der Waals surface area contributed by atoms with Gasteiger partial charge in [0.15, 0.2) is 0 Å². The Bertz CT molecular complexity index is 1330. The van der Waals surface area contributed by atoms with E-state index in [2.05, 4.69) is 32.2 Å². The Morgan fingerprint density at radius 1 is 0.927 bits per heavy atom. The predicted octanol–water partition coefficient (Wildman–Crippen LogP) is 7.60. The van der Waals surface area contributed by atoms with Crippen LogP contribution >= 0.6 is 11.6 Å². The van der Waals surface area contributed by atoms with E-state index in [0.29, 0.717) is 31.8 Å². The number of benzene rings is 1. The largest absolute Gasteiger partial charge is 0.489 e. The fourth-order valence-corrected chi connectivity index (χ4v) is 11.7. The summed E-state index contributed by atoms with van der Waals surface area (Å²) in [4.78, 5) is 16.5. The summed E-state index contributed by atoms with van der Waals surface area (Å²) in [5, 5.41) is 26.6. The smallest absolute Gasteiger partial charge is 0.223 e. The van der Waals surface area contributed by atoms with Crippen molar-refractivity contribution in [2.75, 3.05) is 46.1 Å². The summed E-state index contributed by atoms with van der Waals surface area (Å²) in [6, 6.07) is 4.73. The van der Waals surface area contributed by atoms with Gasteiger partial charge in [0.1, 0.15) is 18.0 Å². The van der Waals surface area contributed by atoms with Crippen LogP contribution < -0.4 is 26.0 Å². The van der Waals surface area contributed by atoms with Crippen molar-refractivity contribution in [3.8, 4) is 5.75 Å². The molecule has 7 rings (SSSR count). The molecule has 55 heavy (non-hydrogen) atoms. The normalized spacial score (nSPS) is 29.9. The van der Waals surface area contributed by atoms with E-state index in [9.17, 15) is 9.90 Å². The molecule has 310 valence electrons. The summed E-state index contributed by atoms with van der Waals surface area (Å²) in [5.74, 6) is 1.36. The Morgan fingerprint density at radius 3 is 2.31 bits per heavy atom. The maximum atomic E-state index is 14.2. The topological polar surface area (TPSA) is 107 Å². The van der Waals surface area contributed by atoms with E-state index >= 15 is 0 Å². The number of ether oxygens (including phenoxy) is 2. The molecule has 3 saturated carbocycles. The Balaban J connectivity index is 0.928. The second-order valence-corrected chi connectivity index (χ2v) is 18.9. The molecule has 5 N–H and O–H groups in total. The summed E-state index contributed by atoms with van der Waals surface area (Å²) in [5.41, 5.74) is 2.04. The fourth-order valence-electron chi connectivity index (χ4n) is 11.4. The van der Waals surface area contributed by atoms with Crippen LogP contribution in [-0.2, 0) is 22.5 Å². The zero-order valence-electron chi connectivity index (χ0n) is 34.0. The number of β-amino-alcohol motifs (C(OH)–C–C–N with tert-alkyl or cyclic N) is 1. The van der Waals surface area contributed by atoms with Crippen LogP contribution in [-0.4, -0.2) is 85.9 Å². The molecule has 3 heterocycles. The second-order valence-electron chi connectivity index (χ2n) is 18.6. The van der Waals surface area contributed by atoms with Gasteiger partial charge in [0, 0.05) is 51.2 Å². The summed E-state index contributed by atoms with van der Waals surface area (Å²) >= 11 is 7.06. The third kappa shape index (κ3) is 11.0. The first-order valence-corrected chi connectivity index (χ1v) is 23.3. The highest BCUT2D eigenvalue weighted by Crippen LogP contribution is 2.45. The van der Waals surface area contributed by atoms with Gasteiger partial charge >= 0.3 is 0 Å². The molecule has 1 aromatic carbocycles. The number of fused-ring (bicyclic) bond motifs is 1. The standard InChI is InChI=1S/C45H74ClN5O4/c46-42-38-22-25-51(28-34(38)20-21-40(42)54-32-45(31-47-33-55-45)35-16-10-5-4-6-11-17-35)29-37(52)27-48-43(53)39-26-41(50-36-18-12-9-13-19-36)49-30-44(39)23-14-7-2-1-3-8-15-24-44/h20-21,35-37,39,41,47,49-50,52H,1-19,22-33H2,(H,48,53)/t37-,39?,41?,45?/m0/s1. The van der Waals surface area contributed by atoms with Crippen molar-refractivity contribution in [1.82, 2.24) is 26.2 Å². The van der Waals surface area contributed by atoms with E-state index < -0.39 is 6.10 Å². The zero-order chi connectivity index (χ0) is 37.9. The van der Waals surface area contributed by atoms with E-state index in [1.54, 1.807) is 0 Å². The minimum absolute atomic E-state index is 0.00813. The van der Waals surface area contributed by atoms with Gasteiger partial charge in [0.25, 0.3) is 0 Å². The minimum Gasteiger partial charge on any atom is -0.489 e. The van der Waals surface area contributed by atoms with Crippen molar-refractivity contribution in [3.05, 3.63) is 28.3 Å². The van der Waals surface area contributed by atoms with Crippen LogP contribution in [0.4, 0.5) is 0 Å². The highest BCUT2D eigenvalue weighted by atomic mass is 35.5. The van der Waals surface area contributed by atoms with Crippen LogP contribution in [0.15, 0.2) is 12.1 Å². The third-order valence-electron chi connectivity index (χ3n) is 14.7. The Labute approximate surface area is 337 Å². The minimum atomic E-state index is -0.633. The van der Waals surface area contributed by atoms with Crippen LogP contribution in [0.3, 0.4) is 0 Å². The summed E-state index contributed by atoms with van der Waals surface area (Å²) < 4.78 is 12.9. The predicted molar refractivity (Wildman–Crippen MR) is 221 cm³/mol. The number of carbonyl (C=O) groups excluding carboxylic acids is 1. The van der Waals surface area contributed by atoms with Crippen LogP contribution in [0.2, 0.25) is 5.02 Å². The molecule has 2 saturated heterocycles. The molecule has 3 aliphatic carbocycles. The first kappa shape index (κ1) is 41.7. The van der Waals surface area contributed by atoms with Crippen molar-refractivity contribution in [1.29, 1.82) is 0 Å². The Kier molecular flexibility index (Phi) is 15.5. The lowest BCUT2D eigenvalue weighted by atomic mass is 9.64. The molecule has 4 atom stereocenters. The quantitative estimate of drug-likeness (QED) is 0.156. The van der Waals surface area contributed by atoms with Gasteiger partial charge in [-0.2, -0.15) is 0 Å². The van der Waals surface area contributed by atoms with Crippen molar-refractivity contribution >= 4 is 17.5 Å². The molecule has 6 aliphatic rings. The lowest BCUT2D eigenvalue weighted by molar-refractivity contribution is -0.133. The molecule has 1 amide bonds. The molecule has 0 bridgehead atoms. The lowest BCUT2D eigenvalue weighted by Gasteiger charge is -2.48. The number of carbonyl (C=O) groups is 1. The first-order chi connectivity index (χ1) is 26.9. The zero-order valence-corrected chi connectivity index (χ0v) is 34.7. The van der Waals surface area contributed by atoms with E-state index in [1.165, 1.54) is 128 Å². The number of aliphatic hydroxyl groups excluding tert-OH is 1. The lowest BCUT2D eigenvalue weighted by Crippen LogP contribution is -2.61. The average molecular weight is 785 g/mol. The van der Waals surface area contributed by atoms with Gasteiger partial charge < -0.3 is 25.2 Å². The SMILES string of the molecule is O=C(NC[C@H](O)CN1CCc2c(ccc(OCC3(C4CCCCCCC4)CNCO3)c2Cl)C1)C1CC(NC2CCCCC2)NCC12CCCCCCCCC2. The van der Waals surface area contributed by atoms with Crippen molar-refractivity contribution < 1.29 is 19.4 Å². The number of halogens is 1. The molecule has 10 heteroatoms. The van der Waals surface area contributed by atoms with Crippen molar-refractivity contribution in [2.24, 2.45) is 17.3 Å². The third-order valence-corrected chi connectivity index (χ3v) is 15.1. The summed E-state index contributed by atoms with van der Waals surface area (Å²) in [6.45, 7) is 5.19. The van der Waals surface area contributed by atoms with Crippen LogP contribution in [0, 0.1) is 17.3 Å². The van der Waals surface area contributed by atoms with Gasteiger partial charge in [-0.25, -0.2) is 0 Å². The maximum Gasteiger partial charge on any atom is 0.223 e. The molecule has 1 aromatic rings. The van der Waals surface area contributed by atoms with Gasteiger partial charge in [-0.15, -0.1) is 0 Å². The molecular weight excluding hydrogens is 710 g/mol. The number of nitrogens with one attached hydrogen (secondary N) is 4. The highest BCUT2D eigenvalue weighted by molar-refractivity contribution is 6.33. The van der Waals surface area contributed by atoms with Gasteiger partial charge in [-0.1, -0.05) is 114 Å². The van der Waals surface area contributed by atoms with Crippen molar-refractivity contribution in [3.63, 3.8) is 0 Å². The molecule has 3 unspecified atom stereocenters. The molecule has 1 spiro atoms. The number of nitrogens with zero attached hydrogens (tertiary/aromatic N) is 1. The number of piperidine rings is 1. The fraction of sp³-hybridized carbons (Fsp3) is 0.844.